The normalized spacial score (nSPS) is 10.9. The van der Waals surface area contributed by atoms with Gasteiger partial charge < -0.3 is 14.8 Å². The number of Topliss-reactive ketones (excluding diaryl/α,β-unsaturated/α-hetero) is 1. The summed E-state index contributed by atoms with van der Waals surface area (Å²) in [4.78, 5) is 34.6. The Bertz CT molecular complexity index is 640. The minimum atomic E-state index is -0.885. The van der Waals surface area contributed by atoms with Crippen molar-refractivity contribution in [2.24, 2.45) is 0 Å². The molecule has 1 N–H and O–H groups in total. The third-order valence-corrected chi connectivity index (χ3v) is 2.82. The van der Waals surface area contributed by atoms with Crippen molar-refractivity contribution in [3.05, 3.63) is 35.4 Å². The summed E-state index contributed by atoms with van der Waals surface area (Å²) in [6.07, 6.45) is -0.368. The van der Waals surface area contributed by atoms with E-state index in [4.69, 9.17) is 9.47 Å². The van der Waals surface area contributed by atoms with Gasteiger partial charge >= 0.3 is 12.1 Å². The number of carbonyl (C=O) groups is 3. The molecule has 25 heavy (non-hydrogen) atoms. The number of amides is 1. The standard InChI is InChI=1S/C17H21F2NO5/c1-17(2,3)25-16(23)20-8-4-5-15(22)24-10-14(21)12-9-11(18)6-7-13(12)19/h6-7,9H,4-5,8,10H2,1-3H3,(H,20,23). The third-order valence-electron chi connectivity index (χ3n) is 2.82. The Morgan fingerprint density at radius 1 is 1.16 bits per heavy atom. The van der Waals surface area contributed by atoms with Crippen LogP contribution >= 0.6 is 0 Å². The zero-order chi connectivity index (χ0) is 19.0. The second kappa shape index (κ2) is 9.10. The molecule has 1 rings (SSSR count). The van der Waals surface area contributed by atoms with E-state index in [-0.39, 0.29) is 19.4 Å². The van der Waals surface area contributed by atoms with E-state index in [2.05, 4.69) is 5.32 Å². The van der Waals surface area contributed by atoms with Crippen LogP contribution in [0.25, 0.3) is 0 Å². The molecule has 1 aromatic carbocycles. The fourth-order valence-corrected chi connectivity index (χ4v) is 1.74. The number of rotatable bonds is 7. The van der Waals surface area contributed by atoms with Gasteiger partial charge in [-0.25, -0.2) is 13.6 Å². The maximum absolute atomic E-state index is 13.4. The van der Waals surface area contributed by atoms with Crippen LogP contribution in [0.2, 0.25) is 0 Å². The first-order valence-corrected chi connectivity index (χ1v) is 7.69. The van der Waals surface area contributed by atoms with E-state index in [0.29, 0.717) is 0 Å². The van der Waals surface area contributed by atoms with Gasteiger partial charge in [-0.15, -0.1) is 0 Å². The molecule has 138 valence electrons. The molecule has 0 saturated carbocycles. The van der Waals surface area contributed by atoms with Crippen molar-refractivity contribution in [2.75, 3.05) is 13.2 Å². The Kier molecular flexibility index (Phi) is 7.47. The molecular formula is C17H21F2NO5. The maximum Gasteiger partial charge on any atom is 0.407 e. The predicted octanol–water partition coefficient (Wildman–Crippen LogP) is 3.00. The van der Waals surface area contributed by atoms with Crippen molar-refractivity contribution < 1.29 is 32.6 Å². The molecular weight excluding hydrogens is 336 g/mol. The quantitative estimate of drug-likeness (QED) is 0.461. The summed E-state index contributed by atoms with van der Waals surface area (Å²) in [7, 11) is 0. The number of halogens is 2. The number of alkyl carbamates (subject to hydrolysis) is 1. The number of benzene rings is 1. The molecule has 8 heteroatoms. The Labute approximate surface area is 144 Å². The monoisotopic (exact) mass is 357 g/mol. The molecule has 0 saturated heterocycles. The van der Waals surface area contributed by atoms with Crippen LogP contribution in [-0.2, 0) is 14.3 Å². The van der Waals surface area contributed by atoms with Gasteiger partial charge in [0.25, 0.3) is 0 Å². The maximum atomic E-state index is 13.4. The predicted molar refractivity (Wildman–Crippen MR) is 85.1 cm³/mol. The Morgan fingerprint density at radius 2 is 1.84 bits per heavy atom. The molecule has 0 heterocycles. The zero-order valence-corrected chi connectivity index (χ0v) is 14.4. The summed E-state index contributed by atoms with van der Waals surface area (Å²) in [5.74, 6) is -3.17. The van der Waals surface area contributed by atoms with Crippen LogP contribution in [0.3, 0.4) is 0 Å². The summed E-state index contributed by atoms with van der Waals surface area (Å²) in [6.45, 7) is 4.68. The molecule has 0 atom stereocenters. The molecule has 1 aromatic rings. The average Bonchev–Trinajstić information content (AvgIpc) is 2.50. The molecule has 0 fully saturated rings. The molecule has 0 unspecified atom stereocenters. The first-order chi connectivity index (χ1) is 11.6. The van der Waals surface area contributed by atoms with E-state index in [0.717, 1.165) is 18.2 Å². The second-order valence-electron chi connectivity index (χ2n) is 6.24. The highest BCUT2D eigenvalue weighted by atomic mass is 19.1. The summed E-state index contributed by atoms with van der Waals surface area (Å²) in [5, 5.41) is 2.47. The van der Waals surface area contributed by atoms with E-state index in [1.165, 1.54) is 0 Å². The molecule has 0 radical (unpaired) electrons. The summed E-state index contributed by atoms with van der Waals surface area (Å²) in [5.41, 5.74) is -1.09. The Balaban J connectivity index is 2.28. The van der Waals surface area contributed by atoms with E-state index in [1.807, 2.05) is 0 Å². The number of esters is 1. The second-order valence-corrected chi connectivity index (χ2v) is 6.24. The fraction of sp³-hybridized carbons (Fsp3) is 0.471. The van der Waals surface area contributed by atoms with Gasteiger partial charge in [0.1, 0.15) is 17.2 Å². The lowest BCUT2D eigenvalue weighted by Crippen LogP contribution is -2.33. The van der Waals surface area contributed by atoms with Gasteiger partial charge in [-0.05, 0) is 45.4 Å². The van der Waals surface area contributed by atoms with Crippen molar-refractivity contribution in [3.63, 3.8) is 0 Å². The van der Waals surface area contributed by atoms with Gasteiger partial charge in [0, 0.05) is 13.0 Å². The van der Waals surface area contributed by atoms with E-state index >= 15 is 0 Å². The summed E-state index contributed by atoms with van der Waals surface area (Å²) < 4.78 is 36.2. The lowest BCUT2D eigenvalue weighted by atomic mass is 10.1. The third kappa shape index (κ3) is 8.23. The molecule has 1 amide bonds. The Hall–Kier alpha value is -2.51. The van der Waals surface area contributed by atoms with Crippen molar-refractivity contribution in [2.45, 2.75) is 39.2 Å². The largest absolute Gasteiger partial charge is 0.457 e. The van der Waals surface area contributed by atoms with Gasteiger partial charge in [0.05, 0.1) is 5.56 Å². The van der Waals surface area contributed by atoms with Gasteiger partial charge in [-0.3, -0.25) is 9.59 Å². The minimum Gasteiger partial charge on any atom is -0.457 e. The highest BCUT2D eigenvalue weighted by Gasteiger charge is 2.17. The molecule has 0 aliphatic heterocycles. The Morgan fingerprint density at radius 3 is 2.48 bits per heavy atom. The summed E-state index contributed by atoms with van der Waals surface area (Å²) >= 11 is 0. The lowest BCUT2D eigenvalue weighted by molar-refractivity contribution is -0.142. The number of nitrogens with one attached hydrogen (secondary N) is 1. The van der Waals surface area contributed by atoms with Crippen LogP contribution in [0, 0.1) is 11.6 Å². The van der Waals surface area contributed by atoms with E-state index in [1.54, 1.807) is 20.8 Å². The van der Waals surface area contributed by atoms with Crippen molar-refractivity contribution in [1.29, 1.82) is 0 Å². The van der Waals surface area contributed by atoms with Crippen LogP contribution in [0.4, 0.5) is 13.6 Å². The average molecular weight is 357 g/mol. The van der Waals surface area contributed by atoms with Crippen LogP contribution in [0.5, 0.6) is 0 Å². The number of ketones is 1. The molecule has 0 aliphatic carbocycles. The highest BCUT2D eigenvalue weighted by Crippen LogP contribution is 2.11. The van der Waals surface area contributed by atoms with Crippen LogP contribution in [-0.4, -0.2) is 36.6 Å². The zero-order valence-electron chi connectivity index (χ0n) is 14.4. The van der Waals surface area contributed by atoms with Crippen LogP contribution < -0.4 is 5.32 Å². The first kappa shape index (κ1) is 20.5. The van der Waals surface area contributed by atoms with Crippen LogP contribution in [0.15, 0.2) is 18.2 Å². The van der Waals surface area contributed by atoms with Crippen molar-refractivity contribution in [1.82, 2.24) is 5.32 Å². The topological polar surface area (TPSA) is 81.7 Å². The summed E-state index contributed by atoms with van der Waals surface area (Å²) in [6, 6.07) is 2.46. The molecule has 0 bridgehead atoms. The van der Waals surface area contributed by atoms with E-state index < -0.39 is 47.3 Å². The number of hydrogen-bond acceptors (Lipinski definition) is 5. The van der Waals surface area contributed by atoms with Crippen LogP contribution in [0.1, 0.15) is 44.0 Å². The molecule has 0 spiro atoms. The minimum absolute atomic E-state index is 0.0469. The number of hydrogen-bond donors (Lipinski definition) is 1. The van der Waals surface area contributed by atoms with Crippen molar-refractivity contribution in [3.8, 4) is 0 Å². The number of ether oxygens (including phenoxy) is 2. The van der Waals surface area contributed by atoms with Gasteiger partial charge in [0.15, 0.2) is 6.61 Å². The number of carbonyl (C=O) groups excluding carboxylic acids is 3. The first-order valence-electron chi connectivity index (χ1n) is 7.69. The SMILES string of the molecule is CC(C)(C)OC(=O)NCCCC(=O)OCC(=O)c1cc(F)ccc1F. The fourth-order valence-electron chi connectivity index (χ4n) is 1.74. The van der Waals surface area contributed by atoms with Gasteiger partial charge in [-0.1, -0.05) is 0 Å². The molecule has 6 nitrogen and oxygen atoms in total. The lowest BCUT2D eigenvalue weighted by Gasteiger charge is -2.19. The molecule has 0 aromatic heterocycles. The smallest absolute Gasteiger partial charge is 0.407 e. The van der Waals surface area contributed by atoms with E-state index in [9.17, 15) is 23.2 Å². The van der Waals surface area contributed by atoms with Gasteiger partial charge in [-0.2, -0.15) is 0 Å². The molecule has 0 aliphatic rings. The highest BCUT2D eigenvalue weighted by molar-refractivity contribution is 5.98. The van der Waals surface area contributed by atoms with Crippen molar-refractivity contribution >= 4 is 17.8 Å². The van der Waals surface area contributed by atoms with Gasteiger partial charge in [0.2, 0.25) is 5.78 Å².